The summed E-state index contributed by atoms with van der Waals surface area (Å²) in [4.78, 5) is 39.6. The summed E-state index contributed by atoms with van der Waals surface area (Å²) in [6.07, 6.45) is 8.57. The van der Waals surface area contributed by atoms with E-state index in [2.05, 4.69) is 10.3 Å². The van der Waals surface area contributed by atoms with E-state index >= 15 is 0 Å². The van der Waals surface area contributed by atoms with Gasteiger partial charge in [-0.05, 0) is 80.0 Å². The Kier molecular flexibility index (Phi) is 5.89. The van der Waals surface area contributed by atoms with Crippen LogP contribution in [0.1, 0.15) is 50.5 Å². The third-order valence-electron chi connectivity index (χ3n) is 7.71. The number of nitro groups is 1. The maximum atomic E-state index is 12.8. The van der Waals surface area contributed by atoms with Crippen molar-refractivity contribution in [2.45, 2.75) is 50.5 Å². The molecule has 1 amide bonds. The Morgan fingerprint density at radius 3 is 2.47 bits per heavy atom. The van der Waals surface area contributed by atoms with Gasteiger partial charge < -0.3 is 21.0 Å². The maximum absolute atomic E-state index is 12.8. The highest BCUT2D eigenvalue weighted by Gasteiger charge is 2.59. The Labute approximate surface area is 206 Å². The number of amides is 1. The van der Waals surface area contributed by atoms with E-state index in [-0.39, 0.29) is 35.5 Å². The van der Waals surface area contributed by atoms with Crippen LogP contribution in [0, 0.1) is 27.4 Å². The number of hydrogen-bond acceptors (Lipinski definition) is 8. The van der Waals surface area contributed by atoms with Crippen LogP contribution in [0.4, 0.5) is 5.69 Å². The number of oxime groups is 1. The summed E-state index contributed by atoms with van der Waals surface area (Å²) in [7, 11) is 0. The average molecular weight is 497 g/mol. The largest absolute Gasteiger partial charge is 0.484 e. The highest BCUT2D eigenvalue weighted by atomic mass is 16.7. The molecule has 6 rings (SSSR count). The Hall–Kier alpha value is -3.96. The monoisotopic (exact) mass is 496 g/mol. The van der Waals surface area contributed by atoms with Gasteiger partial charge in [-0.2, -0.15) is 5.10 Å². The third-order valence-corrected chi connectivity index (χ3v) is 7.71. The van der Waals surface area contributed by atoms with Crippen LogP contribution in [0.15, 0.2) is 41.8 Å². The number of hydrogen-bond donors (Lipinski definition) is 2. The van der Waals surface area contributed by atoms with E-state index in [4.69, 9.17) is 21.0 Å². The number of carbonyl (C=O) groups is 2. The fraction of sp³-hybridized carbons (Fsp3) is 0.500. The van der Waals surface area contributed by atoms with Crippen molar-refractivity contribution < 1.29 is 24.1 Å². The molecule has 1 heterocycles. The Morgan fingerprint density at radius 1 is 1.17 bits per heavy atom. The quantitative estimate of drug-likeness (QED) is 0.174. The van der Waals surface area contributed by atoms with Gasteiger partial charge >= 0.3 is 11.7 Å². The molecule has 0 aliphatic heterocycles. The number of amidine groups is 1. The van der Waals surface area contributed by atoms with Crippen LogP contribution in [-0.4, -0.2) is 39.0 Å². The minimum Gasteiger partial charge on any atom is -0.484 e. The number of carbonyl (C=O) groups excluding carboxylic acids is 2. The molecule has 0 saturated heterocycles. The van der Waals surface area contributed by atoms with Crippen molar-refractivity contribution in [3.05, 3.63) is 52.3 Å². The lowest BCUT2D eigenvalue weighted by atomic mass is 9.46. The number of ether oxygens (including phenoxy) is 1. The number of nitrogens with zero attached hydrogens (tertiary/aromatic N) is 4. The zero-order valence-electron chi connectivity index (χ0n) is 19.7. The number of rotatable bonds is 9. The van der Waals surface area contributed by atoms with Crippen molar-refractivity contribution in [3.63, 3.8) is 0 Å². The van der Waals surface area contributed by atoms with Crippen LogP contribution in [0.2, 0.25) is 0 Å². The lowest BCUT2D eigenvalue weighted by Crippen LogP contribution is -2.57. The Balaban J connectivity index is 1.25. The smallest absolute Gasteiger partial charge is 0.335 e. The molecule has 1 aromatic carbocycles. The lowest BCUT2D eigenvalue weighted by Gasteiger charge is -2.61. The van der Waals surface area contributed by atoms with Gasteiger partial charge in [-0.15, -0.1) is 0 Å². The van der Waals surface area contributed by atoms with E-state index in [0.717, 1.165) is 38.5 Å². The topological polar surface area (TPSA) is 178 Å². The van der Waals surface area contributed by atoms with E-state index in [1.54, 1.807) is 28.9 Å². The van der Waals surface area contributed by atoms with Crippen molar-refractivity contribution in [3.8, 4) is 5.75 Å². The summed E-state index contributed by atoms with van der Waals surface area (Å²) in [6, 6.07) is 6.48. The fourth-order valence-electron chi connectivity index (χ4n) is 6.91. The maximum Gasteiger partial charge on any atom is 0.335 e. The molecule has 4 N–H and O–H groups in total. The molecule has 12 heteroatoms. The summed E-state index contributed by atoms with van der Waals surface area (Å²) >= 11 is 0. The Morgan fingerprint density at radius 2 is 1.86 bits per heavy atom. The lowest BCUT2D eigenvalue weighted by molar-refractivity contribution is -0.385. The summed E-state index contributed by atoms with van der Waals surface area (Å²) in [5, 5.41) is 19.4. The van der Waals surface area contributed by atoms with E-state index in [9.17, 15) is 19.7 Å². The summed E-state index contributed by atoms with van der Waals surface area (Å²) in [5.41, 5.74) is 11.0. The molecule has 4 saturated carbocycles. The van der Waals surface area contributed by atoms with Gasteiger partial charge in [0.2, 0.25) is 0 Å². The molecular formula is C24H28N6O6. The van der Waals surface area contributed by atoms with Crippen LogP contribution in [-0.2, 0) is 20.0 Å². The van der Waals surface area contributed by atoms with Crippen molar-refractivity contribution in [1.29, 1.82) is 0 Å². The molecule has 2 atom stereocenters. The second kappa shape index (κ2) is 8.92. The van der Waals surface area contributed by atoms with Crippen LogP contribution < -0.4 is 16.2 Å². The second-order valence-electron chi connectivity index (χ2n) is 10.5. The number of benzene rings is 1. The van der Waals surface area contributed by atoms with E-state index < -0.39 is 16.8 Å². The summed E-state index contributed by atoms with van der Waals surface area (Å²) in [5.74, 6) is 0.347. The first-order valence-electron chi connectivity index (χ1n) is 11.9. The van der Waals surface area contributed by atoms with Gasteiger partial charge in [0, 0.05) is 5.56 Å². The average Bonchev–Trinajstić information content (AvgIpc) is 3.32. The highest BCUT2D eigenvalue weighted by molar-refractivity contribution is 5.97. The van der Waals surface area contributed by atoms with Crippen molar-refractivity contribution in [2.24, 2.45) is 33.9 Å². The van der Waals surface area contributed by atoms with E-state index in [0.29, 0.717) is 23.1 Å². The fourth-order valence-corrected chi connectivity index (χ4v) is 6.91. The van der Waals surface area contributed by atoms with Crippen LogP contribution >= 0.6 is 0 Å². The van der Waals surface area contributed by atoms with Crippen LogP contribution in [0.3, 0.4) is 0 Å². The number of aromatic nitrogens is 2. The number of nitrogens with two attached hydrogens (primary N) is 2. The SMILES string of the molecule is NC(=O)COc1ccc(/C(N)=N/OC(=O)CC23CC4CC(C2)CC(n2cc([N+](=O)[O-])cn2)(C4)C3)cc1. The molecule has 4 fully saturated rings. The normalized spacial score (nSPS) is 28.6. The van der Waals surface area contributed by atoms with E-state index in [1.807, 2.05) is 0 Å². The third kappa shape index (κ3) is 4.62. The van der Waals surface area contributed by atoms with Crippen molar-refractivity contribution in [1.82, 2.24) is 9.78 Å². The van der Waals surface area contributed by atoms with Gasteiger partial charge in [-0.1, -0.05) is 5.16 Å². The standard InChI is InChI=1S/C24H28N6O6/c25-20(31)13-35-19-3-1-17(2-4-19)22(26)28-36-21(32)10-23-6-15-5-16(7-23)9-24(8-15,14-23)29-12-18(11-27-29)30(33)34/h1-4,11-12,15-16H,5-10,13-14H2,(H2,25,31)(H2,26,28). The second-order valence-corrected chi connectivity index (χ2v) is 10.5. The molecule has 36 heavy (non-hydrogen) atoms. The summed E-state index contributed by atoms with van der Waals surface area (Å²) in [6.45, 7) is -0.234. The summed E-state index contributed by atoms with van der Waals surface area (Å²) < 4.78 is 6.98. The van der Waals surface area contributed by atoms with Gasteiger partial charge in [-0.25, -0.2) is 4.79 Å². The van der Waals surface area contributed by atoms with Gasteiger partial charge in [0.05, 0.1) is 16.9 Å². The van der Waals surface area contributed by atoms with Crippen LogP contribution in [0.25, 0.3) is 0 Å². The first-order chi connectivity index (χ1) is 17.2. The first kappa shape index (κ1) is 23.8. The Bertz CT molecular complexity index is 1210. The van der Waals surface area contributed by atoms with Gasteiger partial charge in [0.25, 0.3) is 5.91 Å². The predicted octanol–water partition coefficient (Wildman–Crippen LogP) is 2.20. The molecule has 4 bridgehead atoms. The molecule has 0 radical (unpaired) electrons. The van der Waals surface area contributed by atoms with Gasteiger partial charge in [0.15, 0.2) is 12.4 Å². The molecule has 12 nitrogen and oxygen atoms in total. The molecule has 0 spiro atoms. The minimum absolute atomic E-state index is 0.0171. The molecule has 2 aromatic rings. The molecule has 4 aliphatic carbocycles. The van der Waals surface area contributed by atoms with Gasteiger partial charge in [0.1, 0.15) is 18.1 Å². The number of primary amides is 1. The van der Waals surface area contributed by atoms with Crippen molar-refractivity contribution in [2.75, 3.05) is 6.61 Å². The van der Waals surface area contributed by atoms with Crippen molar-refractivity contribution >= 4 is 23.4 Å². The molecule has 4 aliphatic rings. The molecule has 1 aromatic heterocycles. The van der Waals surface area contributed by atoms with Gasteiger partial charge in [-0.3, -0.25) is 19.6 Å². The first-order valence-corrected chi connectivity index (χ1v) is 11.9. The minimum atomic E-state index is -0.581. The predicted molar refractivity (Wildman–Crippen MR) is 127 cm³/mol. The van der Waals surface area contributed by atoms with E-state index in [1.165, 1.54) is 12.4 Å². The molecule has 190 valence electrons. The zero-order valence-corrected chi connectivity index (χ0v) is 19.7. The molecular weight excluding hydrogens is 468 g/mol. The zero-order chi connectivity index (χ0) is 25.5. The highest BCUT2D eigenvalue weighted by Crippen LogP contribution is 2.65. The van der Waals surface area contributed by atoms with Crippen LogP contribution in [0.5, 0.6) is 5.75 Å². The molecule has 2 unspecified atom stereocenters.